The first-order valence-corrected chi connectivity index (χ1v) is 9.96. The highest BCUT2D eigenvalue weighted by molar-refractivity contribution is 9.10. The van der Waals surface area contributed by atoms with Crippen LogP contribution in [0.5, 0.6) is 11.5 Å². The van der Waals surface area contributed by atoms with E-state index in [1.165, 1.54) is 11.8 Å². The van der Waals surface area contributed by atoms with E-state index in [4.69, 9.17) is 21.7 Å². The Balaban J connectivity index is 1.78. The zero-order chi connectivity index (χ0) is 18.5. The molecule has 0 aromatic heterocycles. The molecule has 2 aromatic rings. The number of carbonyl (C=O) groups is 1. The van der Waals surface area contributed by atoms with Gasteiger partial charge in [0.25, 0.3) is 5.91 Å². The van der Waals surface area contributed by atoms with Gasteiger partial charge in [0.05, 0.1) is 11.5 Å². The highest BCUT2D eigenvalue weighted by Crippen LogP contribution is 2.32. The van der Waals surface area contributed by atoms with Gasteiger partial charge in [0, 0.05) is 4.47 Å². The number of hydrogen-bond donors (Lipinski definition) is 1. The van der Waals surface area contributed by atoms with E-state index in [2.05, 4.69) is 21.2 Å². The zero-order valence-electron chi connectivity index (χ0n) is 14.0. The molecule has 0 unspecified atom stereocenters. The summed E-state index contributed by atoms with van der Waals surface area (Å²) in [4.78, 5) is 12.4. The first-order valence-electron chi connectivity index (χ1n) is 7.94. The molecule has 7 heteroatoms. The van der Waals surface area contributed by atoms with Crippen molar-refractivity contribution in [2.45, 2.75) is 13.5 Å². The minimum atomic E-state index is -0.173. The molecule has 0 bridgehead atoms. The molecule has 134 valence electrons. The summed E-state index contributed by atoms with van der Waals surface area (Å²) >= 11 is 9.69. The lowest BCUT2D eigenvalue weighted by Gasteiger charge is -2.13. The van der Waals surface area contributed by atoms with Crippen molar-refractivity contribution in [2.24, 2.45) is 0 Å². The molecule has 3 rings (SSSR count). The molecule has 0 saturated carbocycles. The standard InChI is InChI=1S/C19H16BrNO3S2/c1-2-23-16-9-13(10-17-18(22)21-19(25)26-17)5-8-15(16)24-11-12-3-6-14(20)7-4-12/h3-10H,2,11H2,1H3,(H,21,22,25)/b17-10+. The van der Waals surface area contributed by atoms with Gasteiger partial charge >= 0.3 is 0 Å². The summed E-state index contributed by atoms with van der Waals surface area (Å²) in [6.45, 7) is 2.89. The van der Waals surface area contributed by atoms with Crippen LogP contribution in [0.15, 0.2) is 51.8 Å². The molecular weight excluding hydrogens is 434 g/mol. The minimum absolute atomic E-state index is 0.173. The Labute approximate surface area is 170 Å². The van der Waals surface area contributed by atoms with Gasteiger partial charge in [-0.05, 0) is 48.4 Å². The van der Waals surface area contributed by atoms with Crippen molar-refractivity contribution in [1.82, 2.24) is 5.32 Å². The third-order valence-corrected chi connectivity index (χ3v) is 5.21. The normalized spacial score (nSPS) is 15.2. The van der Waals surface area contributed by atoms with Crippen LogP contribution in [0.3, 0.4) is 0 Å². The minimum Gasteiger partial charge on any atom is -0.490 e. The van der Waals surface area contributed by atoms with Crippen LogP contribution in [0.1, 0.15) is 18.1 Å². The van der Waals surface area contributed by atoms with E-state index in [1.54, 1.807) is 6.08 Å². The van der Waals surface area contributed by atoms with Crippen LogP contribution in [-0.4, -0.2) is 16.8 Å². The second kappa shape index (κ2) is 8.70. The van der Waals surface area contributed by atoms with Crippen molar-refractivity contribution in [1.29, 1.82) is 0 Å². The van der Waals surface area contributed by atoms with Gasteiger partial charge in [0.1, 0.15) is 10.9 Å². The molecule has 26 heavy (non-hydrogen) atoms. The summed E-state index contributed by atoms with van der Waals surface area (Å²) in [6, 6.07) is 13.6. The number of hydrogen-bond acceptors (Lipinski definition) is 5. The molecule has 1 amide bonds. The number of amides is 1. The lowest BCUT2D eigenvalue weighted by Crippen LogP contribution is -2.17. The highest BCUT2D eigenvalue weighted by atomic mass is 79.9. The molecule has 4 nitrogen and oxygen atoms in total. The Kier molecular flexibility index (Phi) is 6.34. The summed E-state index contributed by atoms with van der Waals surface area (Å²) in [5.41, 5.74) is 1.92. The van der Waals surface area contributed by atoms with E-state index in [0.717, 1.165) is 15.6 Å². The van der Waals surface area contributed by atoms with Gasteiger partial charge in [-0.2, -0.15) is 0 Å². The molecule has 1 fully saturated rings. The summed E-state index contributed by atoms with van der Waals surface area (Å²) in [6.07, 6.45) is 1.79. The van der Waals surface area contributed by atoms with E-state index in [0.29, 0.717) is 33.9 Å². The molecule has 0 atom stereocenters. The van der Waals surface area contributed by atoms with Crippen molar-refractivity contribution < 1.29 is 14.3 Å². The summed E-state index contributed by atoms with van der Waals surface area (Å²) in [7, 11) is 0. The van der Waals surface area contributed by atoms with Gasteiger partial charge in [0.15, 0.2) is 11.5 Å². The smallest absolute Gasteiger partial charge is 0.263 e. The van der Waals surface area contributed by atoms with Gasteiger partial charge in [0.2, 0.25) is 0 Å². The fourth-order valence-electron chi connectivity index (χ4n) is 2.32. The van der Waals surface area contributed by atoms with Crippen molar-refractivity contribution in [2.75, 3.05) is 6.61 Å². The molecule has 1 aliphatic rings. The van der Waals surface area contributed by atoms with Crippen LogP contribution in [-0.2, 0) is 11.4 Å². The van der Waals surface area contributed by atoms with E-state index in [-0.39, 0.29) is 5.91 Å². The number of ether oxygens (including phenoxy) is 2. The van der Waals surface area contributed by atoms with Gasteiger partial charge in [-0.25, -0.2) is 0 Å². The molecule has 1 aliphatic heterocycles. The number of halogens is 1. The van der Waals surface area contributed by atoms with E-state index >= 15 is 0 Å². The van der Waals surface area contributed by atoms with Gasteiger partial charge in [-0.15, -0.1) is 0 Å². The second-order valence-corrected chi connectivity index (χ2v) is 8.04. The van der Waals surface area contributed by atoms with E-state index in [1.807, 2.05) is 49.4 Å². The average molecular weight is 450 g/mol. The largest absolute Gasteiger partial charge is 0.490 e. The maximum Gasteiger partial charge on any atom is 0.263 e. The quantitative estimate of drug-likeness (QED) is 0.501. The van der Waals surface area contributed by atoms with Crippen LogP contribution in [0.4, 0.5) is 0 Å². The molecule has 0 spiro atoms. The number of thiocarbonyl (C=S) groups is 1. The van der Waals surface area contributed by atoms with Crippen LogP contribution in [0, 0.1) is 0 Å². The van der Waals surface area contributed by atoms with Crippen molar-refractivity contribution in [3.05, 3.63) is 63.0 Å². The Morgan fingerprint density at radius 2 is 1.92 bits per heavy atom. The SMILES string of the molecule is CCOc1cc(/C=C2/SC(=S)NC2=O)ccc1OCc1ccc(Br)cc1. The van der Waals surface area contributed by atoms with Crippen molar-refractivity contribution in [3.63, 3.8) is 0 Å². The van der Waals surface area contributed by atoms with Crippen molar-refractivity contribution >= 4 is 56.2 Å². The molecule has 1 N–H and O–H groups in total. The molecule has 1 heterocycles. The number of rotatable bonds is 6. The Bertz CT molecular complexity index is 866. The maximum atomic E-state index is 11.8. The van der Waals surface area contributed by atoms with Gasteiger partial charge in [-0.1, -0.05) is 58.1 Å². The molecule has 1 saturated heterocycles. The van der Waals surface area contributed by atoms with E-state index in [9.17, 15) is 4.79 Å². The fourth-order valence-corrected chi connectivity index (χ4v) is 3.62. The molecule has 0 aliphatic carbocycles. The predicted octanol–water partition coefficient (Wildman–Crippen LogP) is 4.92. The maximum absolute atomic E-state index is 11.8. The average Bonchev–Trinajstić information content (AvgIpc) is 2.93. The second-order valence-electron chi connectivity index (χ2n) is 5.41. The van der Waals surface area contributed by atoms with Crippen LogP contribution in [0.2, 0.25) is 0 Å². The molecule has 2 aromatic carbocycles. The van der Waals surface area contributed by atoms with Crippen LogP contribution < -0.4 is 14.8 Å². The van der Waals surface area contributed by atoms with Crippen LogP contribution >= 0.6 is 39.9 Å². The number of carbonyl (C=O) groups excluding carboxylic acids is 1. The van der Waals surface area contributed by atoms with Crippen LogP contribution in [0.25, 0.3) is 6.08 Å². The monoisotopic (exact) mass is 449 g/mol. The summed E-state index contributed by atoms with van der Waals surface area (Å²) in [5.74, 6) is 1.13. The molecular formula is C19H16BrNO3S2. The third kappa shape index (κ3) is 4.87. The summed E-state index contributed by atoms with van der Waals surface area (Å²) in [5, 5.41) is 2.61. The van der Waals surface area contributed by atoms with Gasteiger partial charge < -0.3 is 14.8 Å². The summed E-state index contributed by atoms with van der Waals surface area (Å²) < 4.78 is 13.1. The first-order chi connectivity index (χ1) is 12.5. The number of benzene rings is 2. The topological polar surface area (TPSA) is 47.6 Å². The highest BCUT2D eigenvalue weighted by Gasteiger charge is 2.22. The Hall–Kier alpha value is -1.83. The number of thioether (sulfide) groups is 1. The number of nitrogens with one attached hydrogen (secondary N) is 1. The van der Waals surface area contributed by atoms with E-state index < -0.39 is 0 Å². The molecule has 0 radical (unpaired) electrons. The fraction of sp³-hybridized carbons (Fsp3) is 0.158. The van der Waals surface area contributed by atoms with Crippen molar-refractivity contribution in [3.8, 4) is 11.5 Å². The predicted molar refractivity (Wildman–Crippen MR) is 112 cm³/mol. The van der Waals surface area contributed by atoms with Gasteiger partial charge in [-0.3, -0.25) is 4.79 Å². The zero-order valence-corrected chi connectivity index (χ0v) is 17.2. The lowest BCUT2D eigenvalue weighted by atomic mass is 10.2. The Morgan fingerprint density at radius 3 is 2.58 bits per heavy atom. The first kappa shape index (κ1) is 18.9. The lowest BCUT2D eigenvalue weighted by molar-refractivity contribution is -0.115. The third-order valence-electron chi connectivity index (χ3n) is 3.52. The Morgan fingerprint density at radius 1 is 1.15 bits per heavy atom.